The van der Waals surface area contributed by atoms with Gasteiger partial charge in [0.05, 0.1) is 34.4 Å². The highest BCUT2D eigenvalue weighted by Gasteiger charge is 2.33. The van der Waals surface area contributed by atoms with Gasteiger partial charge in [0, 0.05) is 0 Å². The molecule has 1 heterocycles. The lowest BCUT2D eigenvalue weighted by molar-refractivity contribution is -0.113. The number of ether oxygens (including phenoxy) is 1. The first-order chi connectivity index (χ1) is 14.0. The zero-order valence-electron chi connectivity index (χ0n) is 15.8. The molecule has 2 aromatic carbocycles. The molecule has 1 aliphatic rings. The number of carbonyl (C=O) groups excluding carboxylic acids is 2. The molecular formula is C22H18N2O3S2. The monoisotopic (exact) mass is 422 g/mol. The molecule has 0 saturated carbocycles. The fourth-order valence-electron chi connectivity index (χ4n) is 2.63. The summed E-state index contributed by atoms with van der Waals surface area (Å²) >= 11 is 6.60. The Labute approximate surface area is 179 Å². The van der Waals surface area contributed by atoms with Gasteiger partial charge >= 0.3 is 5.97 Å². The summed E-state index contributed by atoms with van der Waals surface area (Å²) in [6.45, 7) is 2.42. The van der Waals surface area contributed by atoms with Gasteiger partial charge in [0.25, 0.3) is 5.91 Å². The lowest BCUT2D eigenvalue weighted by Gasteiger charge is -2.14. The summed E-state index contributed by atoms with van der Waals surface area (Å²) in [4.78, 5) is 26.8. The van der Waals surface area contributed by atoms with Crippen molar-refractivity contribution < 1.29 is 14.3 Å². The van der Waals surface area contributed by atoms with E-state index in [0.717, 1.165) is 18.4 Å². The molecule has 0 aliphatic carbocycles. The van der Waals surface area contributed by atoms with Crippen LogP contribution in [-0.2, 0) is 9.53 Å². The molecule has 0 aromatic heterocycles. The van der Waals surface area contributed by atoms with Crippen LogP contribution in [0.3, 0.4) is 0 Å². The van der Waals surface area contributed by atoms with Crippen LogP contribution in [0.5, 0.6) is 0 Å². The van der Waals surface area contributed by atoms with Crippen molar-refractivity contribution in [2.45, 2.75) is 19.8 Å². The van der Waals surface area contributed by atoms with Gasteiger partial charge in [-0.05, 0) is 54.5 Å². The van der Waals surface area contributed by atoms with E-state index in [1.807, 2.05) is 6.92 Å². The van der Waals surface area contributed by atoms with Crippen molar-refractivity contribution >= 4 is 51.9 Å². The van der Waals surface area contributed by atoms with E-state index in [9.17, 15) is 9.59 Å². The maximum atomic E-state index is 12.8. The van der Waals surface area contributed by atoms with E-state index in [1.165, 1.54) is 16.7 Å². The zero-order valence-corrected chi connectivity index (χ0v) is 17.4. The third kappa shape index (κ3) is 4.91. The molecule has 0 unspecified atom stereocenters. The average Bonchev–Trinajstić information content (AvgIpc) is 3.01. The van der Waals surface area contributed by atoms with Gasteiger partial charge in [0.15, 0.2) is 4.32 Å². The number of hydrogen-bond donors (Lipinski definition) is 0. The Morgan fingerprint density at radius 1 is 1.21 bits per heavy atom. The van der Waals surface area contributed by atoms with E-state index < -0.39 is 0 Å². The van der Waals surface area contributed by atoms with Crippen LogP contribution in [0.15, 0.2) is 53.4 Å². The lowest BCUT2D eigenvalue weighted by Crippen LogP contribution is -2.27. The number of nitriles is 1. The van der Waals surface area contributed by atoms with E-state index in [-0.39, 0.29) is 11.9 Å². The SMILES string of the molecule is CCCCOC(=O)c1ccc(N2C(=O)/C(=C/c3ccc(C#N)cc3)SC2=S)cc1. The van der Waals surface area contributed by atoms with Crippen LogP contribution in [0.4, 0.5) is 5.69 Å². The highest BCUT2D eigenvalue weighted by molar-refractivity contribution is 8.27. The van der Waals surface area contributed by atoms with Crippen molar-refractivity contribution in [2.24, 2.45) is 0 Å². The minimum Gasteiger partial charge on any atom is -0.462 e. The number of carbonyl (C=O) groups is 2. The Morgan fingerprint density at radius 3 is 2.52 bits per heavy atom. The van der Waals surface area contributed by atoms with Crippen LogP contribution in [0.2, 0.25) is 0 Å². The first kappa shape index (κ1) is 20.8. The number of benzene rings is 2. The minimum atomic E-state index is -0.379. The lowest BCUT2D eigenvalue weighted by atomic mass is 10.1. The van der Waals surface area contributed by atoms with Gasteiger partial charge in [-0.25, -0.2) is 4.79 Å². The number of esters is 1. The summed E-state index contributed by atoms with van der Waals surface area (Å²) in [6, 6.07) is 15.7. The Balaban J connectivity index is 1.74. The molecule has 0 N–H and O–H groups in total. The zero-order chi connectivity index (χ0) is 20.8. The summed E-state index contributed by atoms with van der Waals surface area (Å²) in [5.41, 5.74) is 2.40. The standard InChI is InChI=1S/C22H18N2O3S2/c1-2-3-12-27-21(26)17-8-10-18(11-9-17)24-20(25)19(29-22(24)28)13-15-4-6-16(14-23)7-5-15/h4-11,13H,2-3,12H2,1H3/b19-13-. The van der Waals surface area contributed by atoms with Crippen molar-refractivity contribution in [3.8, 4) is 6.07 Å². The number of thioether (sulfide) groups is 1. The molecular weight excluding hydrogens is 404 g/mol. The third-order valence-corrected chi connectivity index (χ3v) is 5.53. The van der Waals surface area contributed by atoms with Gasteiger partial charge in [0.2, 0.25) is 0 Å². The van der Waals surface area contributed by atoms with Crippen molar-refractivity contribution in [3.05, 3.63) is 70.1 Å². The first-order valence-corrected chi connectivity index (χ1v) is 10.3. The number of anilines is 1. The van der Waals surface area contributed by atoms with Crippen LogP contribution >= 0.6 is 24.0 Å². The van der Waals surface area contributed by atoms with E-state index in [0.29, 0.717) is 32.6 Å². The highest BCUT2D eigenvalue weighted by Crippen LogP contribution is 2.36. The number of unbranched alkanes of at least 4 members (excludes halogenated alkanes) is 1. The number of hydrogen-bond acceptors (Lipinski definition) is 6. The minimum absolute atomic E-state index is 0.220. The quantitative estimate of drug-likeness (QED) is 0.285. The second-order valence-electron chi connectivity index (χ2n) is 6.29. The molecule has 1 amide bonds. The summed E-state index contributed by atoms with van der Waals surface area (Å²) in [7, 11) is 0. The second kappa shape index (κ2) is 9.50. The van der Waals surface area contributed by atoms with Crippen LogP contribution in [0.25, 0.3) is 6.08 Å². The maximum absolute atomic E-state index is 12.8. The smallest absolute Gasteiger partial charge is 0.338 e. The first-order valence-electron chi connectivity index (χ1n) is 9.09. The van der Waals surface area contributed by atoms with Crippen LogP contribution < -0.4 is 4.90 Å². The van der Waals surface area contributed by atoms with E-state index in [1.54, 1.807) is 54.6 Å². The molecule has 3 rings (SSSR count). The Bertz CT molecular complexity index is 1010. The van der Waals surface area contributed by atoms with Crippen LogP contribution in [-0.4, -0.2) is 22.8 Å². The van der Waals surface area contributed by atoms with E-state index >= 15 is 0 Å². The Kier molecular flexibility index (Phi) is 6.81. The molecule has 1 saturated heterocycles. The predicted octanol–water partition coefficient (Wildman–Crippen LogP) is 4.92. The number of thiocarbonyl (C=S) groups is 1. The molecule has 2 aromatic rings. The van der Waals surface area contributed by atoms with E-state index in [4.69, 9.17) is 22.2 Å². The Hall–Kier alpha value is -2.95. The van der Waals surface area contributed by atoms with Crippen LogP contribution in [0.1, 0.15) is 41.3 Å². The van der Waals surface area contributed by atoms with Crippen LogP contribution in [0, 0.1) is 11.3 Å². The molecule has 29 heavy (non-hydrogen) atoms. The largest absolute Gasteiger partial charge is 0.462 e. The summed E-state index contributed by atoms with van der Waals surface area (Å²) in [5, 5.41) is 8.88. The molecule has 146 valence electrons. The Morgan fingerprint density at radius 2 is 1.90 bits per heavy atom. The fraction of sp³-hybridized carbons (Fsp3) is 0.182. The molecule has 1 fully saturated rings. The summed E-state index contributed by atoms with van der Waals surface area (Å²) < 4.78 is 5.62. The average molecular weight is 423 g/mol. The van der Waals surface area contributed by atoms with Gasteiger partial charge in [-0.3, -0.25) is 9.69 Å². The molecule has 7 heteroatoms. The van der Waals surface area contributed by atoms with E-state index in [2.05, 4.69) is 6.07 Å². The maximum Gasteiger partial charge on any atom is 0.338 e. The number of nitrogens with zero attached hydrogens (tertiary/aromatic N) is 2. The third-order valence-electron chi connectivity index (χ3n) is 4.22. The van der Waals surface area contributed by atoms with Gasteiger partial charge in [-0.1, -0.05) is 49.5 Å². The topological polar surface area (TPSA) is 70.4 Å². The predicted molar refractivity (Wildman–Crippen MR) is 118 cm³/mol. The van der Waals surface area contributed by atoms with Crippen molar-refractivity contribution in [1.82, 2.24) is 0 Å². The molecule has 1 aliphatic heterocycles. The summed E-state index contributed by atoms with van der Waals surface area (Å²) in [6.07, 6.45) is 3.53. The number of rotatable bonds is 6. The normalized spacial score (nSPS) is 14.9. The van der Waals surface area contributed by atoms with Gasteiger partial charge < -0.3 is 4.74 Å². The van der Waals surface area contributed by atoms with Gasteiger partial charge in [0.1, 0.15) is 0 Å². The molecule has 5 nitrogen and oxygen atoms in total. The molecule has 0 atom stereocenters. The summed E-state index contributed by atoms with van der Waals surface area (Å²) in [5.74, 6) is -0.598. The molecule has 0 radical (unpaired) electrons. The van der Waals surface area contributed by atoms with Crippen molar-refractivity contribution in [2.75, 3.05) is 11.5 Å². The second-order valence-corrected chi connectivity index (χ2v) is 7.96. The number of amides is 1. The molecule has 0 spiro atoms. The molecule has 0 bridgehead atoms. The fourth-order valence-corrected chi connectivity index (χ4v) is 3.93. The van der Waals surface area contributed by atoms with Gasteiger partial charge in [-0.2, -0.15) is 5.26 Å². The highest BCUT2D eigenvalue weighted by atomic mass is 32.2. The van der Waals surface area contributed by atoms with Crippen molar-refractivity contribution in [3.63, 3.8) is 0 Å². The van der Waals surface area contributed by atoms with Gasteiger partial charge in [-0.15, -0.1) is 0 Å². The van der Waals surface area contributed by atoms with Crippen molar-refractivity contribution in [1.29, 1.82) is 5.26 Å².